The molecule has 0 spiro atoms. The smallest absolute Gasteiger partial charge is 0.198 e. The molecule has 84 valence electrons. The van der Waals surface area contributed by atoms with Crippen LogP contribution in [0.15, 0.2) is 29.3 Å². The number of benzene rings is 1. The fraction of sp³-hybridized carbons (Fsp3) is 0.250. The van der Waals surface area contributed by atoms with Crippen molar-refractivity contribution >= 4 is 17.1 Å². The summed E-state index contributed by atoms with van der Waals surface area (Å²) >= 11 is 0. The summed E-state index contributed by atoms with van der Waals surface area (Å²) in [5.74, 6) is 0.155. The number of aromatic amines is 1. The standard InChI is InChI=1S/C12H14N2O2/c1-16-7-6-13-8-10-9-4-2-3-5-11(9)14-12(10)15/h2-5,8,14-15H,6-7H2,1H3. The van der Waals surface area contributed by atoms with Gasteiger partial charge in [-0.3, -0.25) is 4.99 Å². The molecule has 0 unspecified atom stereocenters. The average molecular weight is 218 g/mol. The van der Waals surface area contributed by atoms with Crippen molar-refractivity contribution in [2.45, 2.75) is 0 Å². The molecule has 0 fully saturated rings. The molecule has 0 atom stereocenters. The van der Waals surface area contributed by atoms with E-state index in [2.05, 4.69) is 9.98 Å². The van der Waals surface area contributed by atoms with Gasteiger partial charge in [-0.05, 0) is 6.07 Å². The van der Waals surface area contributed by atoms with Crippen LogP contribution in [-0.2, 0) is 4.74 Å². The van der Waals surface area contributed by atoms with Gasteiger partial charge in [0.15, 0.2) is 5.88 Å². The van der Waals surface area contributed by atoms with Crippen LogP contribution in [0.2, 0.25) is 0 Å². The molecule has 2 rings (SSSR count). The van der Waals surface area contributed by atoms with E-state index >= 15 is 0 Å². The number of rotatable bonds is 4. The summed E-state index contributed by atoms with van der Waals surface area (Å²) in [5.41, 5.74) is 1.64. The number of hydrogen-bond donors (Lipinski definition) is 2. The summed E-state index contributed by atoms with van der Waals surface area (Å²) in [6.07, 6.45) is 1.67. The van der Waals surface area contributed by atoms with Crippen LogP contribution in [0.25, 0.3) is 10.9 Å². The number of nitrogens with one attached hydrogen (secondary N) is 1. The van der Waals surface area contributed by atoms with Gasteiger partial charge in [-0.1, -0.05) is 18.2 Å². The average Bonchev–Trinajstić information content (AvgIpc) is 2.61. The number of hydrogen-bond acceptors (Lipinski definition) is 3. The van der Waals surface area contributed by atoms with E-state index in [1.54, 1.807) is 13.3 Å². The molecule has 0 saturated heterocycles. The lowest BCUT2D eigenvalue weighted by Gasteiger charge is -1.93. The Kier molecular flexibility index (Phi) is 3.22. The second-order valence-corrected chi connectivity index (χ2v) is 3.46. The zero-order valence-corrected chi connectivity index (χ0v) is 9.10. The highest BCUT2D eigenvalue weighted by molar-refractivity contribution is 6.01. The Bertz CT molecular complexity index is 503. The lowest BCUT2D eigenvalue weighted by atomic mass is 10.2. The van der Waals surface area contributed by atoms with Gasteiger partial charge in [0.2, 0.25) is 0 Å². The summed E-state index contributed by atoms with van der Waals surface area (Å²) < 4.78 is 4.89. The van der Waals surface area contributed by atoms with Gasteiger partial charge >= 0.3 is 0 Å². The Morgan fingerprint density at radius 1 is 1.44 bits per heavy atom. The van der Waals surface area contributed by atoms with Gasteiger partial charge in [-0.25, -0.2) is 0 Å². The van der Waals surface area contributed by atoms with Crippen molar-refractivity contribution in [2.24, 2.45) is 4.99 Å². The fourth-order valence-corrected chi connectivity index (χ4v) is 1.58. The predicted molar refractivity (Wildman–Crippen MR) is 64.3 cm³/mol. The predicted octanol–water partition coefficient (Wildman–Crippen LogP) is 1.94. The van der Waals surface area contributed by atoms with Crippen molar-refractivity contribution in [3.05, 3.63) is 29.8 Å². The highest BCUT2D eigenvalue weighted by Gasteiger charge is 2.06. The number of nitrogens with zero attached hydrogens (tertiary/aromatic N) is 1. The normalized spacial score (nSPS) is 11.6. The molecule has 4 nitrogen and oxygen atoms in total. The van der Waals surface area contributed by atoms with Crippen LogP contribution in [0.4, 0.5) is 0 Å². The van der Waals surface area contributed by atoms with E-state index in [1.165, 1.54) is 0 Å². The maximum Gasteiger partial charge on any atom is 0.198 e. The van der Waals surface area contributed by atoms with Crippen LogP contribution >= 0.6 is 0 Å². The van der Waals surface area contributed by atoms with Gasteiger partial charge in [-0.15, -0.1) is 0 Å². The third-order valence-corrected chi connectivity index (χ3v) is 2.37. The van der Waals surface area contributed by atoms with Gasteiger partial charge in [0.25, 0.3) is 0 Å². The first-order valence-corrected chi connectivity index (χ1v) is 5.11. The number of methoxy groups -OCH3 is 1. The number of para-hydroxylation sites is 1. The molecule has 1 aromatic carbocycles. The number of H-pyrrole nitrogens is 1. The molecular formula is C12H14N2O2. The highest BCUT2D eigenvalue weighted by Crippen LogP contribution is 2.24. The van der Waals surface area contributed by atoms with E-state index in [0.717, 1.165) is 16.5 Å². The Labute approximate surface area is 93.6 Å². The van der Waals surface area contributed by atoms with Crippen molar-refractivity contribution in [2.75, 3.05) is 20.3 Å². The third kappa shape index (κ3) is 2.06. The van der Waals surface area contributed by atoms with Crippen LogP contribution in [0.5, 0.6) is 5.88 Å². The second-order valence-electron chi connectivity index (χ2n) is 3.46. The Hall–Kier alpha value is -1.81. The van der Waals surface area contributed by atoms with Gasteiger partial charge in [0.1, 0.15) is 0 Å². The Morgan fingerprint density at radius 3 is 3.06 bits per heavy atom. The lowest BCUT2D eigenvalue weighted by molar-refractivity contribution is 0.208. The third-order valence-electron chi connectivity index (χ3n) is 2.37. The highest BCUT2D eigenvalue weighted by atomic mass is 16.5. The van der Waals surface area contributed by atoms with Crippen molar-refractivity contribution < 1.29 is 9.84 Å². The van der Waals surface area contributed by atoms with Crippen molar-refractivity contribution in [1.29, 1.82) is 0 Å². The van der Waals surface area contributed by atoms with Crippen molar-refractivity contribution in [3.63, 3.8) is 0 Å². The molecule has 0 aliphatic carbocycles. The summed E-state index contributed by atoms with van der Waals surface area (Å²) in [5, 5.41) is 10.7. The van der Waals surface area contributed by atoms with Gasteiger partial charge in [-0.2, -0.15) is 0 Å². The van der Waals surface area contributed by atoms with Crippen LogP contribution in [0, 0.1) is 0 Å². The summed E-state index contributed by atoms with van der Waals surface area (Å²) in [6, 6.07) is 7.72. The zero-order valence-electron chi connectivity index (χ0n) is 9.10. The SMILES string of the molecule is COCCN=Cc1c(O)[nH]c2ccccc12. The topological polar surface area (TPSA) is 57.6 Å². The van der Waals surface area contributed by atoms with E-state index in [9.17, 15) is 5.11 Å². The minimum absolute atomic E-state index is 0.155. The molecule has 1 aromatic heterocycles. The Balaban J connectivity index is 2.29. The maximum absolute atomic E-state index is 9.71. The first kappa shape index (κ1) is 10.7. The van der Waals surface area contributed by atoms with E-state index < -0.39 is 0 Å². The molecule has 0 bridgehead atoms. The second kappa shape index (κ2) is 4.81. The molecule has 0 saturated carbocycles. The first-order chi connectivity index (χ1) is 7.83. The first-order valence-electron chi connectivity index (χ1n) is 5.11. The molecule has 0 aliphatic rings. The molecule has 0 radical (unpaired) electrons. The summed E-state index contributed by atoms with van der Waals surface area (Å²) in [7, 11) is 1.64. The molecule has 0 aliphatic heterocycles. The molecule has 2 N–H and O–H groups in total. The van der Waals surface area contributed by atoms with E-state index in [0.29, 0.717) is 13.2 Å². The minimum Gasteiger partial charge on any atom is -0.494 e. The van der Waals surface area contributed by atoms with E-state index in [4.69, 9.17) is 4.74 Å². The summed E-state index contributed by atoms with van der Waals surface area (Å²) in [4.78, 5) is 7.09. The van der Waals surface area contributed by atoms with Gasteiger partial charge in [0, 0.05) is 24.2 Å². The fourth-order valence-electron chi connectivity index (χ4n) is 1.58. The molecule has 16 heavy (non-hydrogen) atoms. The minimum atomic E-state index is 0.155. The quantitative estimate of drug-likeness (QED) is 0.608. The van der Waals surface area contributed by atoms with Crippen LogP contribution in [0.3, 0.4) is 0 Å². The van der Waals surface area contributed by atoms with E-state index in [-0.39, 0.29) is 5.88 Å². The van der Waals surface area contributed by atoms with Crippen molar-refractivity contribution in [1.82, 2.24) is 4.98 Å². The molecular weight excluding hydrogens is 204 g/mol. The van der Waals surface area contributed by atoms with E-state index in [1.807, 2.05) is 24.3 Å². The zero-order chi connectivity index (χ0) is 11.4. The van der Waals surface area contributed by atoms with Crippen LogP contribution < -0.4 is 0 Å². The monoisotopic (exact) mass is 218 g/mol. The molecule has 0 amide bonds. The Morgan fingerprint density at radius 2 is 2.25 bits per heavy atom. The molecule has 4 heteroatoms. The number of fused-ring (bicyclic) bond motifs is 1. The van der Waals surface area contributed by atoms with Gasteiger partial charge in [0.05, 0.1) is 18.7 Å². The molecule has 2 aromatic rings. The number of aromatic hydroxyl groups is 1. The maximum atomic E-state index is 9.71. The van der Waals surface area contributed by atoms with Crippen LogP contribution in [-0.4, -0.2) is 36.6 Å². The summed E-state index contributed by atoms with van der Waals surface area (Å²) in [6.45, 7) is 1.18. The number of ether oxygens (including phenoxy) is 1. The van der Waals surface area contributed by atoms with Crippen LogP contribution in [0.1, 0.15) is 5.56 Å². The van der Waals surface area contributed by atoms with Gasteiger partial charge < -0.3 is 14.8 Å². The van der Waals surface area contributed by atoms with Crippen molar-refractivity contribution in [3.8, 4) is 5.88 Å². The number of aromatic nitrogens is 1. The largest absolute Gasteiger partial charge is 0.494 e. The number of aliphatic imine (C=N–C) groups is 1. The lowest BCUT2D eigenvalue weighted by Crippen LogP contribution is -1.93. The molecule has 1 heterocycles.